The lowest BCUT2D eigenvalue weighted by atomic mass is 10.1. The molecular formula is C8H6ClN3O4S. The van der Waals surface area contributed by atoms with Gasteiger partial charge in [-0.05, 0) is 11.6 Å². The minimum absolute atomic E-state index is 0.0544. The van der Waals surface area contributed by atoms with E-state index in [0.29, 0.717) is 0 Å². The molecule has 0 heterocycles. The van der Waals surface area contributed by atoms with E-state index in [1.54, 1.807) is 6.07 Å². The van der Waals surface area contributed by atoms with E-state index in [9.17, 15) is 18.5 Å². The number of nitriles is 1. The van der Waals surface area contributed by atoms with E-state index in [-0.39, 0.29) is 17.7 Å². The number of benzene rings is 1. The average Bonchev–Trinajstić information content (AvgIpc) is 2.25. The summed E-state index contributed by atoms with van der Waals surface area (Å²) in [6.07, 6.45) is 0. The molecule has 0 radical (unpaired) electrons. The highest BCUT2D eigenvalue weighted by Gasteiger charge is 2.28. The molecule has 2 N–H and O–H groups in total. The first kappa shape index (κ1) is 13.4. The number of nitro benzene ring substituents is 1. The summed E-state index contributed by atoms with van der Waals surface area (Å²) in [4.78, 5) is 9.15. The molecule has 7 nitrogen and oxygen atoms in total. The molecule has 9 heteroatoms. The summed E-state index contributed by atoms with van der Waals surface area (Å²) in [5, 5.41) is 19.4. The molecule has 1 rings (SSSR count). The summed E-state index contributed by atoms with van der Waals surface area (Å²) in [6.45, 7) is -0.280. The maximum Gasteiger partial charge on any atom is 0.290 e. The normalized spacial score (nSPS) is 10.9. The van der Waals surface area contributed by atoms with Gasteiger partial charge in [-0.15, -0.1) is 0 Å². The fourth-order valence-electron chi connectivity index (χ4n) is 1.31. The first-order chi connectivity index (χ1) is 7.81. The average molecular weight is 276 g/mol. The third-order valence-electron chi connectivity index (χ3n) is 1.94. The van der Waals surface area contributed by atoms with Gasteiger partial charge in [-0.25, -0.2) is 8.42 Å². The van der Waals surface area contributed by atoms with E-state index in [4.69, 9.17) is 21.7 Å². The molecule has 90 valence electrons. The number of halogens is 1. The van der Waals surface area contributed by atoms with Gasteiger partial charge >= 0.3 is 0 Å². The monoisotopic (exact) mass is 275 g/mol. The molecule has 0 atom stereocenters. The molecule has 1 aromatic carbocycles. The molecule has 0 aliphatic carbocycles. The van der Waals surface area contributed by atoms with E-state index in [0.717, 1.165) is 12.1 Å². The second kappa shape index (κ2) is 4.67. The Kier molecular flexibility index (Phi) is 3.67. The zero-order valence-electron chi connectivity index (χ0n) is 8.25. The van der Waals surface area contributed by atoms with Crippen LogP contribution in [0.25, 0.3) is 0 Å². The van der Waals surface area contributed by atoms with Crippen molar-refractivity contribution in [2.75, 3.05) is 0 Å². The first-order valence-electron chi connectivity index (χ1n) is 4.17. The van der Waals surface area contributed by atoms with Crippen LogP contribution in [0.1, 0.15) is 11.1 Å². The Bertz CT molecular complexity index is 620. The number of hydrogen-bond acceptors (Lipinski definition) is 6. The largest absolute Gasteiger partial charge is 0.326 e. The van der Waals surface area contributed by atoms with Crippen LogP contribution in [0.3, 0.4) is 0 Å². The van der Waals surface area contributed by atoms with Crippen LogP contribution < -0.4 is 5.73 Å². The Labute approximate surface area is 101 Å². The van der Waals surface area contributed by atoms with Crippen LogP contribution in [-0.4, -0.2) is 13.3 Å². The molecule has 0 aromatic heterocycles. The van der Waals surface area contributed by atoms with Crippen LogP contribution in [0.2, 0.25) is 0 Å². The lowest BCUT2D eigenvalue weighted by Gasteiger charge is -2.05. The van der Waals surface area contributed by atoms with Crippen molar-refractivity contribution in [2.24, 2.45) is 5.73 Å². The predicted molar refractivity (Wildman–Crippen MR) is 58.7 cm³/mol. The third-order valence-corrected chi connectivity index (χ3v) is 3.36. The Morgan fingerprint density at radius 1 is 1.53 bits per heavy atom. The topological polar surface area (TPSA) is 127 Å². The van der Waals surface area contributed by atoms with Gasteiger partial charge in [-0.3, -0.25) is 10.1 Å². The Hall–Kier alpha value is -1.69. The van der Waals surface area contributed by atoms with Gasteiger partial charge in [0.1, 0.15) is 0 Å². The second-order valence-corrected chi connectivity index (χ2v) is 5.50. The van der Waals surface area contributed by atoms with Gasteiger partial charge in [-0.2, -0.15) is 5.26 Å². The number of rotatable bonds is 3. The van der Waals surface area contributed by atoms with Gasteiger partial charge < -0.3 is 5.73 Å². The third kappa shape index (κ3) is 2.71. The fourth-order valence-corrected chi connectivity index (χ4v) is 2.68. The molecule has 0 spiro atoms. The van der Waals surface area contributed by atoms with Crippen LogP contribution in [-0.2, 0) is 15.6 Å². The van der Waals surface area contributed by atoms with E-state index in [2.05, 4.69) is 0 Å². The zero-order chi connectivity index (χ0) is 13.2. The van der Waals surface area contributed by atoms with Crippen molar-refractivity contribution in [2.45, 2.75) is 11.4 Å². The molecule has 0 amide bonds. The van der Waals surface area contributed by atoms with Crippen LogP contribution in [0.5, 0.6) is 0 Å². The van der Waals surface area contributed by atoms with Crippen LogP contribution in [0.4, 0.5) is 5.69 Å². The molecule has 0 aliphatic heterocycles. The van der Waals surface area contributed by atoms with E-state index in [1.807, 2.05) is 0 Å². The molecule has 0 saturated heterocycles. The quantitative estimate of drug-likeness (QED) is 0.495. The first-order valence-corrected chi connectivity index (χ1v) is 6.48. The Morgan fingerprint density at radius 3 is 2.47 bits per heavy atom. The summed E-state index contributed by atoms with van der Waals surface area (Å²) < 4.78 is 22.5. The van der Waals surface area contributed by atoms with Crippen molar-refractivity contribution in [3.63, 3.8) is 0 Å². The van der Waals surface area contributed by atoms with Crippen LogP contribution >= 0.6 is 10.7 Å². The minimum Gasteiger partial charge on any atom is -0.326 e. The molecule has 0 fully saturated rings. The number of nitrogens with two attached hydrogens (primary N) is 1. The summed E-state index contributed by atoms with van der Waals surface area (Å²) >= 11 is 0. The van der Waals surface area contributed by atoms with E-state index < -0.39 is 24.6 Å². The molecule has 0 saturated carbocycles. The van der Waals surface area contributed by atoms with Crippen molar-refractivity contribution in [1.29, 1.82) is 5.26 Å². The van der Waals surface area contributed by atoms with E-state index >= 15 is 0 Å². The lowest BCUT2D eigenvalue weighted by molar-refractivity contribution is -0.387. The van der Waals surface area contributed by atoms with Gasteiger partial charge in [0.15, 0.2) is 4.90 Å². The maximum atomic E-state index is 11.3. The standard InChI is InChI=1S/C8H6ClN3O4S/c9-17(15,16)8-6(4-11)1-5(3-10)2-7(8)12(13)14/h1-2H,4,11H2. The molecule has 0 bridgehead atoms. The van der Waals surface area contributed by atoms with Crippen molar-refractivity contribution in [3.8, 4) is 6.07 Å². The van der Waals surface area contributed by atoms with Gasteiger partial charge in [-0.1, -0.05) is 0 Å². The minimum atomic E-state index is -4.31. The summed E-state index contributed by atoms with van der Waals surface area (Å²) in [5.74, 6) is 0. The SMILES string of the molecule is N#Cc1cc(CN)c(S(=O)(=O)Cl)c([N+](=O)[O-])c1. The maximum absolute atomic E-state index is 11.3. The summed E-state index contributed by atoms with van der Waals surface area (Å²) in [5.41, 5.74) is 4.42. The Morgan fingerprint density at radius 2 is 2.12 bits per heavy atom. The van der Waals surface area contributed by atoms with Crippen molar-refractivity contribution >= 4 is 25.4 Å². The highest BCUT2D eigenvalue weighted by Crippen LogP contribution is 2.31. The van der Waals surface area contributed by atoms with Gasteiger partial charge in [0.25, 0.3) is 14.7 Å². The van der Waals surface area contributed by atoms with Crippen LogP contribution in [0, 0.1) is 21.4 Å². The van der Waals surface area contributed by atoms with Crippen molar-refractivity contribution < 1.29 is 13.3 Å². The molecule has 0 aliphatic rings. The number of nitro groups is 1. The number of hydrogen-bond donors (Lipinski definition) is 1. The van der Waals surface area contributed by atoms with Crippen molar-refractivity contribution in [1.82, 2.24) is 0 Å². The lowest BCUT2D eigenvalue weighted by Crippen LogP contribution is -2.08. The highest BCUT2D eigenvalue weighted by atomic mass is 35.7. The van der Waals surface area contributed by atoms with Crippen LogP contribution in [0.15, 0.2) is 17.0 Å². The highest BCUT2D eigenvalue weighted by molar-refractivity contribution is 8.13. The molecule has 1 aromatic rings. The molecule has 0 unspecified atom stereocenters. The Balaban J connectivity index is 3.79. The molecular weight excluding hydrogens is 270 g/mol. The van der Waals surface area contributed by atoms with Gasteiger partial charge in [0.2, 0.25) is 0 Å². The summed E-state index contributed by atoms with van der Waals surface area (Å²) in [7, 11) is 0.811. The van der Waals surface area contributed by atoms with Gasteiger partial charge in [0.05, 0.1) is 16.6 Å². The second-order valence-electron chi connectivity index (χ2n) is 2.99. The number of nitrogens with zero attached hydrogens (tertiary/aromatic N) is 2. The predicted octanol–water partition coefficient (Wildman–Crippen LogP) is 0.853. The summed E-state index contributed by atoms with van der Waals surface area (Å²) in [6, 6.07) is 3.67. The van der Waals surface area contributed by atoms with E-state index in [1.165, 1.54) is 0 Å². The smallest absolute Gasteiger partial charge is 0.290 e. The fraction of sp³-hybridized carbons (Fsp3) is 0.125. The van der Waals surface area contributed by atoms with Crippen molar-refractivity contribution in [3.05, 3.63) is 33.4 Å². The molecule has 17 heavy (non-hydrogen) atoms. The van der Waals surface area contributed by atoms with Gasteiger partial charge in [0, 0.05) is 23.3 Å². The zero-order valence-corrected chi connectivity index (χ0v) is 9.83.